The normalized spacial score (nSPS) is 12.6. The number of hydrogen-bond acceptors (Lipinski definition) is 5. The number of carbonyl (C=O) groups is 1. The number of halogens is 7. The van der Waals surface area contributed by atoms with Crippen LogP contribution in [0.15, 0.2) is 57.9 Å². The van der Waals surface area contributed by atoms with E-state index in [4.69, 9.17) is 0 Å². The van der Waals surface area contributed by atoms with E-state index in [2.05, 4.69) is 31.3 Å². The number of carbonyl (C=O) groups excluding carboxylic acids is 1. The molecule has 0 bridgehead atoms. The summed E-state index contributed by atoms with van der Waals surface area (Å²) in [5.74, 6) is -1.23. The number of amides is 1. The molecule has 7 nitrogen and oxygen atoms in total. The number of nitrogens with one attached hydrogen (secondary N) is 1. The summed E-state index contributed by atoms with van der Waals surface area (Å²) in [6.07, 6.45) is -8.92. The zero-order valence-corrected chi connectivity index (χ0v) is 22.3. The van der Waals surface area contributed by atoms with Crippen LogP contribution in [-0.2, 0) is 28.7 Å². The Labute approximate surface area is 225 Å². The monoisotopic (exact) mass is 634 g/mol. The molecule has 4 aromatic rings. The first kappa shape index (κ1) is 28.5. The second kappa shape index (κ2) is 9.93. The molecule has 4 rings (SSSR count). The summed E-state index contributed by atoms with van der Waals surface area (Å²) < 4.78 is 107. The molecule has 0 atom stereocenters. The number of nitrogens with zero attached hydrogens (tertiary/aromatic N) is 3. The number of rotatable bonds is 5. The Morgan fingerprint density at radius 3 is 2.21 bits per heavy atom. The van der Waals surface area contributed by atoms with Gasteiger partial charge in [0.2, 0.25) is 0 Å². The van der Waals surface area contributed by atoms with Gasteiger partial charge in [0.15, 0.2) is 15.5 Å². The Morgan fingerprint density at radius 1 is 1.00 bits per heavy atom. The molecule has 1 amide bonds. The lowest BCUT2D eigenvalue weighted by Gasteiger charge is -2.13. The van der Waals surface area contributed by atoms with Crippen molar-refractivity contribution in [3.05, 3.63) is 81.2 Å². The van der Waals surface area contributed by atoms with Crippen LogP contribution in [0.3, 0.4) is 0 Å². The quantitative estimate of drug-likeness (QED) is 0.262. The summed E-state index contributed by atoms with van der Waals surface area (Å²) >= 11 is 3.16. The average molecular weight is 635 g/mol. The predicted octanol–water partition coefficient (Wildman–Crippen LogP) is 6.24. The van der Waals surface area contributed by atoms with Crippen LogP contribution >= 0.6 is 15.9 Å². The van der Waals surface area contributed by atoms with Crippen molar-refractivity contribution in [2.45, 2.75) is 30.7 Å². The summed E-state index contributed by atoms with van der Waals surface area (Å²) in [4.78, 5) is 16.7. The zero-order chi connectivity index (χ0) is 28.9. The standard InChI is InChI=1S/C24H17BrF6N4O3S/c1-12-20(21(24(29,30)31)34-35(12)11-13-3-6-15(7-4-13)39(2,37)38)33-22(36)17-10-19(23(26,27)28)32-18-8-5-14(25)9-16(17)18/h3-10H,11H2,1-2H3,(H,33,36). The Morgan fingerprint density at radius 2 is 1.64 bits per heavy atom. The van der Waals surface area contributed by atoms with Gasteiger partial charge in [-0.2, -0.15) is 31.4 Å². The molecular formula is C24H17BrF6N4O3S. The van der Waals surface area contributed by atoms with Crippen LogP contribution < -0.4 is 5.32 Å². The van der Waals surface area contributed by atoms with Gasteiger partial charge in [-0.3, -0.25) is 9.48 Å². The van der Waals surface area contributed by atoms with Gasteiger partial charge < -0.3 is 5.32 Å². The van der Waals surface area contributed by atoms with Crippen LogP contribution in [-0.4, -0.2) is 35.3 Å². The lowest BCUT2D eigenvalue weighted by molar-refractivity contribution is -0.141. The van der Waals surface area contributed by atoms with Crippen molar-refractivity contribution in [1.82, 2.24) is 14.8 Å². The summed E-state index contributed by atoms with van der Waals surface area (Å²) in [6.45, 7) is 1.04. The third-order valence-corrected chi connectivity index (χ3v) is 7.32. The van der Waals surface area contributed by atoms with Gasteiger partial charge in [-0.15, -0.1) is 0 Å². The molecule has 1 N–H and O–H groups in total. The summed E-state index contributed by atoms with van der Waals surface area (Å²) in [5, 5.41) is 5.67. The number of benzene rings is 2. The average Bonchev–Trinajstić information content (AvgIpc) is 3.12. The molecule has 0 saturated carbocycles. The molecule has 0 radical (unpaired) electrons. The number of sulfone groups is 1. The maximum absolute atomic E-state index is 13.9. The van der Waals surface area contributed by atoms with Gasteiger partial charge in [-0.25, -0.2) is 13.4 Å². The first-order chi connectivity index (χ1) is 17.9. The predicted molar refractivity (Wildman–Crippen MR) is 133 cm³/mol. The number of pyridine rings is 1. The molecule has 0 fully saturated rings. The zero-order valence-electron chi connectivity index (χ0n) is 19.9. The molecule has 0 aliphatic heterocycles. The molecule has 0 aliphatic carbocycles. The molecule has 0 aliphatic rings. The van der Waals surface area contributed by atoms with E-state index >= 15 is 0 Å². The van der Waals surface area contributed by atoms with Crippen molar-refractivity contribution >= 4 is 48.3 Å². The molecule has 206 valence electrons. The minimum Gasteiger partial charge on any atom is -0.319 e. The van der Waals surface area contributed by atoms with E-state index in [1.165, 1.54) is 49.4 Å². The van der Waals surface area contributed by atoms with Crippen LogP contribution in [0.5, 0.6) is 0 Å². The first-order valence-corrected chi connectivity index (χ1v) is 13.6. The van der Waals surface area contributed by atoms with Gasteiger partial charge in [0.05, 0.1) is 33.9 Å². The second-order valence-electron chi connectivity index (χ2n) is 8.55. The number of fused-ring (bicyclic) bond motifs is 1. The lowest BCUT2D eigenvalue weighted by atomic mass is 10.1. The fourth-order valence-corrected chi connectivity index (χ4v) is 4.77. The van der Waals surface area contributed by atoms with E-state index in [1.54, 1.807) is 0 Å². The summed E-state index contributed by atoms with van der Waals surface area (Å²) in [6, 6.07) is 9.86. The minimum atomic E-state index is -5.01. The molecule has 2 heterocycles. The van der Waals surface area contributed by atoms with E-state index in [0.29, 0.717) is 16.1 Å². The SMILES string of the molecule is Cc1c(NC(=O)c2cc(C(F)(F)F)nc3ccc(Br)cc23)c(C(F)(F)F)nn1Cc1ccc(S(C)(=O)=O)cc1. The molecular weight excluding hydrogens is 618 g/mol. The van der Waals surface area contributed by atoms with Crippen molar-refractivity contribution in [3.8, 4) is 0 Å². The van der Waals surface area contributed by atoms with Crippen LogP contribution in [0.1, 0.15) is 33.0 Å². The highest BCUT2D eigenvalue weighted by molar-refractivity contribution is 9.10. The van der Waals surface area contributed by atoms with Crippen molar-refractivity contribution in [3.63, 3.8) is 0 Å². The molecule has 2 aromatic heterocycles. The van der Waals surface area contributed by atoms with E-state index in [0.717, 1.165) is 10.9 Å². The van der Waals surface area contributed by atoms with E-state index in [9.17, 15) is 39.6 Å². The molecule has 0 spiro atoms. The second-order valence-corrected chi connectivity index (χ2v) is 11.5. The minimum absolute atomic E-state index is 0.0144. The first-order valence-electron chi connectivity index (χ1n) is 10.9. The van der Waals surface area contributed by atoms with Gasteiger partial charge in [-0.05, 0) is 48.9 Å². The molecule has 15 heteroatoms. The third-order valence-electron chi connectivity index (χ3n) is 5.70. The van der Waals surface area contributed by atoms with E-state index in [-0.39, 0.29) is 28.0 Å². The van der Waals surface area contributed by atoms with Gasteiger partial charge in [0.25, 0.3) is 5.91 Å². The van der Waals surface area contributed by atoms with Crippen molar-refractivity contribution in [2.75, 3.05) is 11.6 Å². The molecule has 0 unspecified atom stereocenters. The Bertz CT molecular complexity index is 1700. The van der Waals surface area contributed by atoms with Crippen molar-refractivity contribution in [2.24, 2.45) is 0 Å². The smallest absolute Gasteiger partial charge is 0.319 e. The molecule has 2 aromatic carbocycles. The van der Waals surface area contributed by atoms with Gasteiger partial charge in [0, 0.05) is 16.1 Å². The number of alkyl halides is 6. The van der Waals surface area contributed by atoms with Crippen molar-refractivity contribution in [1.29, 1.82) is 0 Å². The van der Waals surface area contributed by atoms with Crippen LogP contribution in [0.2, 0.25) is 0 Å². The molecule has 39 heavy (non-hydrogen) atoms. The van der Waals surface area contributed by atoms with Crippen LogP contribution in [0.25, 0.3) is 10.9 Å². The van der Waals surface area contributed by atoms with Crippen LogP contribution in [0, 0.1) is 6.92 Å². The Kier molecular flexibility index (Phi) is 7.27. The van der Waals surface area contributed by atoms with Crippen LogP contribution in [0.4, 0.5) is 32.0 Å². The molecule has 0 saturated heterocycles. The van der Waals surface area contributed by atoms with Crippen molar-refractivity contribution < 1.29 is 39.6 Å². The van der Waals surface area contributed by atoms with Gasteiger partial charge >= 0.3 is 12.4 Å². The maximum atomic E-state index is 13.9. The lowest BCUT2D eigenvalue weighted by Crippen LogP contribution is -2.18. The van der Waals surface area contributed by atoms with Gasteiger partial charge in [0.1, 0.15) is 5.69 Å². The number of hydrogen-bond donors (Lipinski definition) is 1. The topological polar surface area (TPSA) is 93.9 Å². The summed E-state index contributed by atoms with van der Waals surface area (Å²) in [7, 11) is -3.49. The summed E-state index contributed by atoms with van der Waals surface area (Å²) in [5.41, 5.74) is -3.99. The third kappa shape index (κ3) is 6.08. The fraction of sp³-hybridized carbons (Fsp3) is 0.208. The van der Waals surface area contributed by atoms with Gasteiger partial charge in [-0.1, -0.05) is 28.1 Å². The highest BCUT2D eigenvalue weighted by Crippen LogP contribution is 2.37. The largest absolute Gasteiger partial charge is 0.437 e. The highest BCUT2D eigenvalue weighted by Gasteiger charge is 2.40. The number of anilines is 1. The number of aromatic nitrogens is 3. The maximum Gasteiger partial charge on any atom is 0.437 e. The highest BCUT2D eigenvalue weighted by atomic mass is 79.9. The van der Waals surface area contributed by atoms with E-state index in [1.807, 2.05) is 0 Å². The Hall–Kier alpha value is -3.46. The fourth-order valence-electron chi connectivity index (χ4n) is 3.78. The van der Waals surface area contributed by atoms with E-state index < -0.39 is 50.7 Å². The Balaban J connectivity index is 1.76.